The Bertz CT molecular complexity index is 774. The van der Waals surface area contributed by atoms with Gasteiger partial charge in [0, 0.05) is 16.6 Å². The van der Waals surface area contributed by atoms with Crippen LogP contribution in [-0.4, -0.2) is 20.1 Å². The number of aliphatic hydroxyl groups is 1. The average Bonchev–Trinajstić information content (AvgIpc) is 2.68. The topological polar surface area (TPSA) is 57.6 Å². The highest BCUT2D eigenvalue weighted by molar-refractivity contribution is 9.10. The normalized spacial score (nSPS) is 18.6. The van der Waals surface area contributed by atoms with Gasteiger partial charge in [0.25, 0.3) is 10.0 Å². The summed E-state index contributed by atoms with van der Waals surface area (Å²) in [5, 5.41) is 10.2. The van der Waals surface area contributed by atoms with Crippen molar-refractivity contribution in [1.29, 1.82) is 0 Å². The van der Waals surface area contributed by atoms with Crippen LogP contribution in [0.15, 0.2) is 57.9 Å². The lowest BCUT2D eigenvalue weighted by Gasteiger charge is -2.24. The molecule has 0 bridgehead atoms. The van der Waals surface area contributed by atoms with Crippen LogP contribution in [-0.2, 0) is 10.0 Å². The van der Waals surface area contributed by atoms with Gasteiger partial charge in [-0.2, -0.15) is 0 Å². The van der Waals surface area contributed by atoms with Crippen molar-refractivity contribution in [2.45, 2.75) is 23.8 Å². The molecule has 4 nitrogen and oxygen atoms in total. The number of hydrogen-bond donors (Lipinski definition) is 1. The van der Waals surface area contributed by atoms with Crippen molar-refractivity contribution in [3.63, 3.8) is 0 Å². The Labute approximate surface area is 138 Å². The predicted molar refractivity (Wildman–Crippen MR) is 89.3 cm³/mol. The van der Waals surface area contributed by atoms with Crippen molar-refractivity contribution in [3.05, 3.63) is 58.6 Å². The maximum atomic E-state index is 12.9. The molecule has 0 unspecified atom stereocenters. The maximum Gasteiger partial charge on any atom is 0.264 e. The standard InChI is InChI=1S/C16H16BrNO3S/c17-12-7-9-13(10-8-12)22(20,21)18-11-3-6-16(19)14-4-1-2-5-15(14)18/h1-2,4-5,7-10,16,19H,3,6,11H2/t16-/m0/s1. The molecule has 0 spiro atoms. The second-order valence-electron chi connectivity index (χ2n) is 5.25. The Morgan fingerprint density at radius 3 is 2.50 bits per heavy atom. The van der Waals surface area contributed by atoms with Gasteiger partial charge in [-0.25, -0.2) is 8.42 Å². The second-order valence-corrected chi connectivity index (χ2v) is 8.03. The summed E-state index contributed by atoms with van der Waals surface area (Å²) in [6.45, 7) is 0.368. The highest BCUT2D eigenvalue weighted by Crippen LogP contribution is 2.35. The second kappa shape index (κ2) is 6.02. The van der Waals surface area contributed by atoms with Gasteiger partial charge in [-0.3, -0.25) is 4.31 Å². The van der Waals surface area contributed by atoms with E-state index in [1.165, 1.54) is 4.31 Å². The first-order chi connectivity index (χ1) is 10.5. The first-order valence-corrected chi connectivity index (χ1v) is 9.29. The van der Waals surface area contributed by atoms with Gasteiger partial charge >= 0.3 is 0 Å². The largest absolute Gasteiger partial charge is 0.388 e. The van der Waals surface area contributed by atoms with E-state index in [-0.39, 0.29) is 4.90 Å². The van der Waals surface area contributed by atoms with E-state index in [9.17, 15) is 13.5 Å². The van der Waals surface area contributed by atoms with E-state index in [2.05, 4.69) is 15.9 Å². The third-order valence-electron chi connectivity index (χ3n) is 3.80. The van der Waals surface area contributed by atoms with Crippen molar-refractivity contribution in [3.8, 4) is 0 Å². The fraction of sp³-hybridized carbons (Fsp3) is 0.250. The molecule has 0 amide bonds. The smallest absolute Gasteiger partial charge is 0.264 e. The lowest BCUT2D eigenvalue weighted by molar-refractivity contribution is 0.168. The minimum absolute atomic E-state index is 0.252. The van der Waals surface area contributed by atoms with Crippen LogP contribution in [0.25, 0.3) is 0 Å². The van der Waals surface area contributed by atoms with Gasteiger partial charge in [0.05, 0.1) is 16.7 Å². The van der Waals surface area contributed by atoms with E-state index >= 15 is 0 Å². The zero-order chi connectivity index (χ0) is 15.7. The molecule has 0 radical (unpaired) electrons. The van der Waals surface area contributed by atoms with Crippen molar-refractivity contribution in [1.82, 2.24) is 0 Å². The molecule has 1 aliphatic rings. The number of halogens is 1. The van der Waals surface area contributed by atoms with Crippen LogP contribution in [0.5, 0.6) is 0 Å². The van der Waals surface area contributed by atoms with Crippen molar-refractivity contribution < 1.29 is 13.5 Å². The van der Waals surface area contributed by atoms with Crippen molar-refractivity contribution >= 4 is 31.6 Å². The molecule has 0 saturated carbocycles. The summed E-state index contributed by atoms with van der Waals surface area (Å²) in [6, 6.07) is 13.7. The summed E-state index contributed by atoms with van der Waals surface area (Å²) < 4.78 is 28.1. The number of aliphatic hydroxyl groups excluding tert-OH is 1. The lowest BCUT2D eigenvalue weighted by Crippen LogP contribution is -2.31. The number of hydrogen-bond acceptors (Lipinski definition) is 3. The summed E-state index contributed by atoms with van der Waals surface area (Å²) in [4.78, 5) is 0.252. The molecule has 0 fully saturated rings. The Morgan fingerprint density at radius 1 is 1.09 bits per heavy atom. The van der Waals surface area contributed by atoms with Crippen LogP contribution in [0.2, 0.25) is 0 Å². The van der Waals surface area contributed by atoms with Gasteiger partial charge in [-0.1, -0.05) is 34.1 Å². The average molecular weight is 382 g/mol. The van der Waals surface area contributed by atoms with E-state index in [1.54, 1.807) is 42.5 Å². The third kappa shape index (κ3) is 2.78. The molecule has 2 aromatic rings. The van der Waals surface area contributed by atoms with E-state index in [4.69, 9.17) is 0 Å². The van der Waals surface area contributed by atoms with Crippen LogP contribution in [0.4, 0.5) is 5.69 Å². The van der Waals surface area contributed by atoms with E-state index in [0.717, 1.165) is 4.47 Å². The first kappa shape index (κ1) is 15.5. The molecule has 116 valence electrons. The van der Waals surface area contributed by atoms with Gasteiger partial charge in [-0.15, -0.1) is 0 Å². The minimum Gasteiger partial charge on any atom is -0.388 e. The summed E-state index contributed by atoms with van der Waals surface area (Å²) in [7, 11) is -3.64. The van der Waals surface area contributed by atoms with E-state index < -0.39 is 16.1 Å². The molecular formula is C16H16BrNO3S. The molecule has 1 aliphatic heterocycles. The fourth-order valence-electron chi connectivity index (χ4n) is 2.68. The zero-order valence-corrected chi connectivity index (χ0v) is 14.2. The SMILES string of the molecule is O=S(=O)(c1ccc(Br)cc1)N1CCC[C@H](O)c2ccccc21. The Morgan fingerprint density at radius 2 is 1.77 bits per heavy atom. The predicted octanol–water partition coefficient (Wildman–Crippen LogP) is 3.47. The molecule has 0 aromatic heterocycles. The van der Waals surface area contributed by atoms with Crippen LogP contribution < -0.4 is 4.31 Å². The third-order valence-corrected chi connectivity index (χ3v) is 6.16. The van der Waals surface area contributed by atoms with E-state index in [1.807, 2.05) is 6.07 Å². The molecule has 0 saturated heterocycles. The molecule has 1 N–H and O–H groups in total. The Hall–Kier alpha value is -1.37. The number of anilines is 1. The van der Waals surface area contributed by atoms with Crippen molar-refractivity contribution in [2.75, 3.05) is 10.8 Å². The van der Waals surface area contributed by atoms with Gasteiger partial charge in [0.2, 0.25) is 0 Å². The molecule has 22 heavy (non-hydrogen) atoms. The Kier molecular flexibility index (Phi) is 4.25. The summed E-state index contributed by atoms with van der Waals surface area (Å²) in [5.41, 5.74) is 1.23. The molecule has 1 atom stereocenters. The van der Waals surface area contributed by atoms with Crippen LogP contribution in [0.1, 0.15) is 24.5 Å². The number of benzene rings is 2. The number of para-hydroxylation sites is 1. The van der Waals surface area contributed by atoms with Crippen LogP contribution in [0.3, 0.4) is 0 Å². The first-order valence-electron chi connectivity index (χ1n) is 7.05. The monoisotopic (exact) mass is 381 g/mol. The molecule has 0 aliphatic carbocycles. The van der Waals surface area contributed by atoms with Gasteiger partial charge in [0.1, 0.15) is 0 Å². The Balaban J connectivity index is 2.10. The summed E-state index contributed by atoms with van der Waals surface area (Å²) in [5.74, 6) is 0. The van der Waals surface area contributed by atoms with Crippen LogP contribution in [0, 0.1) is 0 Å². The summed E-state index contributed by atoms with van der Waals surface area (Å²) >= 11 is 3.31. The lowest BCUT2D eigenvalue weighted by atomic mass is 10.1. The van der Waals surface area contributed by atoms with Gasteiger partial charge < -0.3 is 5.11 Å². The van der Waals surface area contributed by atoms with Gasteiger partial charge in [-0.05, 0) is 43.2 Å². The summed E-state index contributed by atoms with van der Waals surface area (Å²) in [6.07, 6.45) is 0.552. The van der Waals surface area contributed by atoms with Crippen molar-refractivity contribution in [2.24, 2.45) is 0 Å². The molecular weight excluding hydrogens is 366 g/mol. The fourth-order valence-corrected chi connectivity index (χ4v) is 4.48. The zero-order valence-electron chi connectivity index (χ0n) is 11.8. The molecule has 6 heteroatoms. The quantitative estimate of drug-likeness (QED) is 0.866. The number of nitrogens with zero attached hydrogens (tertiary/aromatic N) is 1. The maximum absolute atomic E-state index is 12.9. The van der Waals surface area contributed by atoms with E-state index in [0.29, 0.717) is 30.6 Å². The van der Waals surface area contributed by atoms with Gasteiger partial charge in [0.15, 0.2) is 0 Å². The highest BCUT2D eigenvalue weighted by atomic mass is 79.9. The molecule has 2 aromatic carbocycles. The molecule has 1 heterocycles. The number of sulfonamides is 1. The number of fused-ring (bicyclic) bond motifs is 1. The molecule has 3 rings (SSSR count). The minimum atomic E-state index is -3.64. The number of rotatable bonds is 2. The highest BCUT2D eigenvalue weighted by Gasteiger charge is 2.30. The van der Waals surface area contributed by atoms with Crippen LogP contribution >= 0.6 is 15.9 Å².